The van der Waals surface area contributed by atoms with E-state index in [1.807, 2.05) is 13.8 Å². The molecule has 11 heteroatoms. The lowest BCUT2D eigenvalue weighted by Crippen LogP contribution is -2.41. The lowest BCUT2D eigenvalue weighted by atomic mass is 9.88. The Bertz CT molecular complexity index is 1810. The molecule has 0 saturated carbocycles. The third-order valence-corrected chi connectivity index (χ3v) is 10.4. The first kappa shape index (κ1) is 29.0. The molecule has 3 aromatic rings. The number of anilines is 2. The van der Waals surface area contributed by atoms with Crippen molar-refractivity contribution in [3.63, 3.8) is 0 Å². The number of phenolic OH excluding ortho intramolecular Hbond substituents is 1. The van der Waals surface area contributed by atoms with E-state index in [4.69, 9.17) is 9.15 Å². The number of aryl methyl sites for hydroxylation is 2. The van der Waals surface area contributed by atoms with Crippen LogP contribution in [-0.4, -0.2) is 36.8 Å². The Labute approximate surface area is 250 Å². The van der Waals surface area contributed by atoms with Gasteiger partial charge in [-0.15, -0.1) is 0 Å². The van der Waals surface area contributed by atoms with Crippen LogP contribution in [0.4, 0.5) is 15.8 Å². The number of nitrogens with zero attached hydrogens (tertiary/aromatic N) is 2. The number of nitrogens with one attached hydrogen (secondary N) is 1. The number of ether oxygens (including phenoxy) is 1. The summed E-state index contributed by atoms with van der Waals surface area (Å²) in [5.41, 5.74) is 1.01. The van der Waals surface area contributed by atoms with Crippen LogP contribution in [0.25, 0.3) is 0 Å². The number of fused-ring (bicyclic) bond motifs is 1. The summed E-state index contributed by atoms with van der Waals surface area (Å²) in [6.45, 7) is 7.18. The predicted octanol–water partition coefficient (Wildman–Crippen LogP) is 6.50. The number of sulfone groups is 1. The van der Waals surface area contributed by atoms with Crippen LogP contribution < -0.4 is 15.0 Å². The Hall–Kier alpha value is -4.12. The van der Waals surface area contributed by atoms with Crippen molar-refractivity contribution in [1.29, 1.82) is 0 Å². The smallest absolute Gasteiger partial charge is 0.281 e. The number of phenols is 1. The zero-order valence-corrected chi connectivity index (χ0v) is 25.3. The first-order valence-corrected chi connectivity index (χ1v) is 15.9. The SMILES string of the molecule is Cc1nc(C(=O)N2c3cccc(O)c3NC3=C(C2c2ccc(OCC4=CCCC4)cc2F)S(=O)(=O)CC(C)(C)C3)c(C)o1. The van der Waals surface area contributed by atoms with Gasteiger partial charge in [0.25, 0.3) is 5.91 Å². The molecular weight excluding hydrogens is 573 g/mol. The Morgan fingerprint density at radius 3 is 2.72 bits per heavy atom. The number of hydrogen-bond donors (Lipinski definition) is 2. The molecule has 0 radical (unpaired) electrons. The van der Waals surface area contributed by atoms with Crippen LogP contribution in [0.1, 0.15) is 73.3 Å². The van der Waals surface area contributed by atoms with E-state index in [0.717, 1.165) is 24.8 Å². The molecule has 0 spiro atoms. The van der Waals surface area contributed by atoms with E-state index < -0.39 is 33.0 Å². The number of amides is 1. The second-order valence-corrected chi connectivity index (χ2v) is 14.1. The van der Waals surface area contributed by atoms with Crippen LogP contribution in [0.3, 0.4) is 0 Å². The summed E-state index contributed by atoms with van der Waals surface area (Å²) in [4.78, 5) is 19.8. The Kier molecular flexibility index (Phi) is 7.11. The molecule has 2 N–H and O–H groups in total. The molecule has 1 amide bonds. The maximum Gasteiger partial charge on any atom is 0.281 e. The summed E-state index contributed by atoms with van der Waals surface area (Å²) in [5.74, 6) is -1.06. The van der Waals surface area contributed by atoms with Gasteiger partial charge in [0, 0.05) is 24.3 Å². The highest BCUT2D eigenvalue weighted by molar-refractivity contribution is 7.95. The van der Waals surface area contributed by atoms with Crippen molar-refractivity contribution in [2.24, 2.45) is 5.41 Å². The molecule has 6 rings (SSSR count). The van der Waals surface area contributed by atoms with Gasteiger partial charge in [0.1, 0.15) is 41.4 Å². The van der Waals surface area contributed by atoms with E-state index in [1.54, 1.807) is 32.0 Å². The lowest BCUT2D eigenvalue weighted by Gasteiger charge is -2.37. The second-order valence-electron chi connectivity index (χ2n) is 12.2. The van der Waals surface area contributed by atoms with Crippen molar-refractivity contribution in [2.75, 3.05) is 22.6 Å². The standard InChI is InChI=1S/C32H34FN3O6S/c1-18-27(34-19(2)42-18)31(38)36-25-10-7-11-26(37)28(25)35-24-15-32(3,4)17-43(39,40)30(24)29(36)22-13-12-21(14-23(22)33)41-16-20-8-5-6-9-20/h7-8,10-14,29,35,37H,5-6,9,15-17H2,1-4H3. The van der Waals surface area contributed by atoms with Gasteiger partial charge in [0.05, 0.1) is 16.3 Å². The Morgan fingerprint density at radius 1 is 1.26 bits per heavy atom. The molecule has 1 unspecified atom stereocenters. The highest BCUT2D eigenvalue weighted by Gasteiger charge is 2.48. The first-order chi connectivity index (χ1) is 20.3. The molecular formula is C32H34FN3O6S. The molecule has 0 fully saturated rings. The normalized spacial score (nSPS) is 20.5. The third-order valence-electron chi connectivity index (χ3n) is 8.08. The van der Waals surface area contributed by atoms with Crippen LogP contribution >= 0.6 is 0 Å². The van der Waals surface area contributed by atoms with Gasteiger partial charge in [-0.3, -0.25) is 9.69 Å². The van der Waals surface area contributed by atoms with Crippen LogP contribution in [0.5, 0.6) is 11.5 Å². The molecule has 2 aromatic carbocycles. The number of aromatic hydroxyl groups is 1. The second kappa shape index (κ2) is 10.6. The zero-order valence-electron chi connectivity index (χ0n) is 24.5. The van der Waals surface area contributed by atoms with E-state index in [1.165, 1.54) is 23.1 Å². The fourth-order valence-corrected chi connectivity index (χ4v) is 8.67. The van der Waals surface area contributed by atoms with Gasteiger partial charge in [-0.25, -0.2) is 17.8 Å². The molecule has 226 valence electrons. The largest absolute Gasteiger partial charge is 0.506 e. The van der Waals surface area contributed by atoms with Gasteiger partial charge < -0.3 is 19.6 Å². The van der Waals surface area contributed by atoms with E-state index in [9.17, 15) is 18.3 Å². The maximum atomic E-state index is 16.3. The third kappa shape index (κ3) is 5.30. The summed E-state index contributed by atoms with van der Waals surface area (Å²) >= 11 is 0. The monoisotopic (exact) mass is 607 g/mol. The maximum absolute atomic E-state index is 16.3. The van der Waals surface area contributed by atoms with Crippen LogP contribution in [-0.2, 0) is 9.84 Å². The van der Waals surface area contributed by atoms with Crippen LogP contribution in [0.15, 0.2) is 63.1 Å². The Balaban J connectivity index is 1.58. The number of allylic oxidation sites excluding steroid dienone is 2. The van der Waals surface area contributed by atoms with Crippen LogP contribution in [0.2, 0.25) is 0 Å². The molecule has 9 nitrogen and oxygen atoms in total. The fraction of sp³-hybridized carbons (Fsp3) is 0.375. The van der Waals surface area contributed by atoms with E-state index in [2.05, 4.69) is 16.4 Å². The van der Waals surface area contributed by atoms with Gasteiger partial charge in [0.15, 0.2) is 21.4 Å². The van der Waals surface area contributed by atoms with Gasteiger partial charge in [-0.2, -0.15) is 0 Å². The van der Waals surface area contributed by atoms with E-state index >= 15 is 4.39 Å². The molecule has 3 aliphatic rings. The molecule has 3 heterocycles. The average molecular weight is 608 g/mol. The van der Waals surface area contributed by atoms with Crippen molar-refractivity contribution in [3.05, 3.63) is 87.4 Å². The minimum Gasteiger partial charge on any atom is -0.506 e. The molecule has 0 bridgehead atoms. The van der Waals surface area contributed by atoms with Crippen molar-refractivity contribution >= 4 is 27.1 Å². The summed E-state index contributed by atoms with van der Waals surface area (Å²) in [5, 5.41) is 14.1. The predicted molar refractivity (Wildman–Crippen MR) is 160 cm³/mol. The van der Waals surface area contributed by atoms with Gasteiger partial charge in [-0.1, -0.05) is 26.0 Å². The number of aromatic nitrogens is 1. The number of oxazole rings is 1. The molecule has 1 aliphatic carbocycles. The number of halogens is 1. The van der Waals surface area contributed by atoms with Crippen molar-refractivity contribution in [1.82, 2.24) is 4.98 Å². The van der Waals surface area contributed by atoms with Gasteiger partial charge in [0.2, 0.25) is 0 Å². The number of rotatable bonds is 5. The number of para-hydroxylation sites is 1. The average Bonchev–Trinajstić information content (AvgIpc) is 3.52. The highest BCUT2D eigenvalue weighted by atomic mass is 32.2. The van der Waals surface area contributed by atoms with Gasteiger partial charge in [-0.05, 0) is 67.9 Å². The Morgan fingerprint density at radius 2 is 2.05 bits per heavy atom. The summed E-state index contributed by atoms with van der Waals surface area (Å²) in [6, 6.07) is 7.42. The molecule has 2 aliphatic heterocycles. The van der Waals surface area contributed by atoms with Crippen molar-refractivity contribution in [3.8, 4) is 11.5 Å². The van der Waals surface area contributed by atoms with Gasteiger partial charge >= 0.3 is 0 Å². The first-order valence-electron chi connectivity index (χ1n) is 14.3. The molecule has 1 atom stereocenters. The summed E-state index contributed by atoms with van der Waals surface area (Å²) in [6.07, 6.45) is 5.40. The fourth-order valence-electron chi connectivity index (χ4n) is 6.31. The number of benzene rings is 2. The van der Waals surface area contributed by atoms with E-state index in [-0.39, 0.29) is 57.1 Å². The number of carbonyl (C=O) groups excluding carboxylic acids is 1. The molecule has 1 aromatic heterocycles. The van der Waals surface area contributed by atoms with Crippen molar-refractivity contribution in [2.45, 2.75) is 59.4 Å². The van der Waals surface area contributed by atoms with E-state index in [0.29, 0.717) is 18.1 Å². The topological polar surface area (TPSA) is 122 Å². The number of carbonyl (C=O) groups is 1. The molecule has 43 heavy (non-hydrogen) atoms. The van der Waals surface area contributed by atoms with Crippen LogP contribution in [0, 0.1) is 25.1 Å². The minimum atomic E-state index is -4.05. The van der Waals surface area contributed by atoms with Crippen molar-refractivity contribution < 1.29 is 31.9 Å². The zero-order chi connectivity index (χ0) is 30.7. The number of hydrogen-bond acceptors (Lipinski definition) is 8. The minimum absolute atomic E-state index is 0.0348. The molecule has 0 saturated heterocycles. The summed E-state index contributed by atoms with van der Waals surface area (Å²) in [7, 11) is -4.05. The highest BCUT2D eigenvalue weighted by Crippen LogP contribution is 2.52. The summed E-state index contributed by atoms with van der Waals surface area (Å²) < 4.78 is 55.9. The lowest BCUT2D eigenvalue weighted by molar-refractivity contribution is 0.0974. The quantitative estimate of drug-likeness (QED) is 0.249.